The van der Waals surface area contributed by atoms with Crippen molar-refractivity contribution in [3.63, 3.8) is 0 Å². The number of hydrogen-bond donors (Lipinski definition) is 3. The zero-order valence-electron chi connectivity index (χ0n) is 27.5. The predicted molar refractivity (Wildman–Crippen MR) is 178 cm³/mol. The number of anilines is 3. The summed E-state index contributed by atoms with van der Waals surface area (Å²) in [6, 6.07) is 5.78. The number of nitrogens with one attached hydrogen (secondary N) is 3. The lowest BCUT2D eigenvalue weighted by atomic mass is 9.85. The van der Waals surface area contributed by atoms with Gasteiger partial charge >= 0.3 is 12.4 Å². The lowest BCUT2D eigenvalue weighted by Gasteiger charge is -2.35. The van der Waals surface area contributed by atoms with Crippen LogP contribution in [0.1, 0.15) is 68.3 Å². The Hall–Kier alpha value is -3.46. The van der Waals surface area contributed by atoms with Crippen LogP contribution < -0.4 is 20.9 Å². The molecule has 17 heteroatoms. The second-order valence-corrected chi connectivity index (χ2v) is 14.2. The highest BCUT2D eigenvalue weighted by molar-refractivity contribution is 6.39. The Labute approximate surface area is 294 Å². The molecule has 8 nitrogen and oxygen atoms in total. The van der Waals surface area contributed by atoms with Gasteiger partial charge in [-0.3, -0.25) is 9.59 Å². The van der Waals surface area contributed by atoms with E-state index in [4.69, 9.17) is 23.2 Å². The molecule has 0 unspecified atom stereocenters. The minimum absolute atomic E-state index is 0.0315. The van der Waals surface area contributed by atoms with E-state index in [0.29, 0.717) is 22.3 Å². The minimum atomic E-state index is -4.34. The van der Waals surface area contributed by atoms with Crippen LogP contribution in [-0.2, 0) is 18.4 Å². The van der Waals surface area contributed by atoms with Crippen molar-refractivity contribution in [1.82, 2.24) is 20.2 Å². The summed E-state index contributed by atoms with van der Waals surface area (Å²) < 4.78 is 95.7. The Morgan fingerprint density at radius 2 is 1.50 bits per heavy atom. The third-order valence-electron chi connectivity index (χ3n) is 9.45. The van der Waals surface area contributed by atoms with Crippen LogP contribution in [0.25, 0.3) is 11.0 Å². The molecule has 1 saturated heterocycles. The fourth-order valence-electron chi connectivity index (χ4n) is 6.40. The number of piperidine rings is 1. The maximum Gasteiger partial charge on any atom is 0.391 e. The van der Waals surface area contributed by atoms with Crippen molar-refractivity contribution < 1.29 is 40.3 Å². The average Bonchev–Trinajstić information content (AvgIpc) is 3.34. The van der Waals surface area contributed by atoms with Gasteiger partial charge in [-0.05, 0) is 76.1 Å². The summed E-state index contributed by atoms with van der Waals surface area (Å²) >= 11 is 13.1. The van der Waals surface area contributed by atoms with Crippen molar-refractivity contribution >= 4 is 63.4 Å². The molecule has 0 bridgehead atoms. The molecule has 0 radical (unpaired) electrons. The summed E-state index contributed by atoms with van der Waals surface area (Å²) in [5.41, 5.74) is -0.0710. The van der Waals surface area contributed by atoms with Gasteiger partial charge in [0.25, 0.3) is 11.8 Å². The molecule has 1 aliphatic carbocycles. The average molecular weight is 754 g/mol. The number of nitrogens with zero attached hydrogens (tertiary/aromatic N) is 3. The lowest BCUT2D eigenvalue weighted by molar-refractivity contribution is -0.182. The third-order valence-corrected chi connectivity index (χ3v) is 10.2. The fourth-order valence-corrected chi connectivity index (χ4v) is 6.93. The van der Waals surface area contributed by atoms with Crippen LogP contribution in [-0.4, -0.2) is 58.5 Å². The molecule has 5 rings (SSSR count). The Morgan fingerprint density at radius 3 is 2.08 bits per heavy atom. The van der Waals surface area contributed by atoms with E-state index in [1.54, 1.807) is 28.6 Å². The van der Waals surface area contributed by atoms with E-state index in [2.05, 4.69) is 20.9 Å². The van der Waals surface area contributed by atoms with Crippen LogP contribution in [0, 0.1) is 11.8 Å². The number of alkyl halides is 7. The molecule has 50 heavy (non-hydrogen) atoms. The Kier molecular flexibility index (Phi) is 10.8. The third kappa shape index (κ3) is 8.35. The topological polar surface area (TPSA) is 91.3 Å². The van der Waals surface area contributed by atoms with Crippen molar-refractivity contribution in [2.45, 2.75) is 83.0 Å². The Bertz CT molecular complexity index is 1740. The predicted octanol–water partition coefficient (Wildman–Crippen LogP) is 8.62. The largest absolute Gasteiger partial charge is 0.391 e. The van der Waals surface area contributed by atoms with Crippen molar-refractivity contribution in [3.8, 4) is 0 Å². The van der Waals surface area contributed by atoms with E-state index in [1.165, 1.54) is 12.1 Å². The van der Waals surface area contributed by atoms with E-state index in [0.717, 1.165) is 13.8 Å². The van der Waals surface area contributed by atoms with Crippen LogP contribution >= 0.6 is 23.2 Å². The van der Waals surface area contributed by atoms with Crippen LogP contribution in [0.4, 0.5) is 48.1 Å². The molecular weight excluding hydrogens is 716 g/mol. The number of rotatable bonds is 8. The van der Waals surface area contributed by atoms with Gasteiger partial charge in [0.1, 0.15) is 0 Å². The molecule has 3 aromatic rings. The SMILES string of the molecule is Cn1c(Nc2c(Cl)ccc(CNC(=O)C(C)(C)F)c2Cl)nc2cc(C(=O)NC3CCC(C(F)(F)F)CC3)c(N3CCC(C(F)(F)F)CC3)cc21. The zero-order valence-corrected chi connectivity index (χ0v) is 29.0. The minimum Gasteiger partial charge on any atom is -0.371 e. The molecule has 1 saturated carbocycles. The fraction of sp³-hybridized carbons (Fsp3) is 0.545. The van der Waals surface area contributed by atoms with Crippen molar-refractivity contribution in [2.75, 3.05) is 23.3 Å². The highest BCUT2D eigenvalue weighted by Gasteiger charge is 2.43. The van der Waals surface area contributed by atoms with Gasteiger partial charge in [-0.2, -0.15) is 26.3 Å². The van der Waals surface area contributed by atoms with Crippen LogP contribution in [0.5, 0.6) is 0 Å². The van der Waals surface area contributed by atoms with E-state index >= 15 is 0 Å². The Balaban J connectivity index is 1.45. The summed E-state index contributed by atoms with van der Waals surface area (Å²) in [6.07, 6.45) is -8.95. The maximum absolute atomic E-state index is 14.0. The van der Waals surface area contributed by atoms with Gasteiger partial charge in [0.15, 0.2) is 5.67 Å². The molecule has 2 aromatic carbocycles. The van der Waals surface area contributed by atoms with Gasteiger partial charge in [0.05, 0.1) is 49.9 Å². The molecule has 3 N–H and O–H groups in total. The molecule has 0 atom stereocenters. The number of hydrogen-bond acceptors (Lipinski definition) is 5. The first-order valence-corrected chi connectivity index (χ1v) is 16.9. The summed E-state index contributed by atoms with van der Waals surface area (Å²) in [5, 5.41) is 8.74. The molecule has 2 aliphatic rings. The lowest BCUT2D eigenvalue weighted by Crippen LogP contribution is -2.42. The van der Waals surface area contributed by atoms with Crippen molar-refractivity contribution in [1.29, 1.82) is 0 Å². The number of aromatic nitrogens is 2. The quantitative estimate of drug-likeness (QED) is 0.201. The molecule has 274 valence electrons. The second kappa shape index (κ2) is 14.3. The molecular formula is C33H37Cl2F7N6O2. The molecule has 0 spiro atoms. The highest BCUT2D eigenvalue weighted by Crippen LogP contribution is 2.40. The first-order chi connectivity index (χ1) is 23.2. The van der Waals surface area contributed by atoms with Gasteiger partial charge in [-0.25, -0.2) is 9.37 Å². The highest BCUT2D eigenvalue weighted by atomic mass is 35.5. The number of aryl methyl sites for hydroxylation is 1. The van der Waals surface area contributed by atoms with Crippen LogP contribution in [0.3, 0.4) is 0 Å². The van der Waals surface area contributed by atoms with Gasteiger partial charge in [0.2, 0.25) is 5.95 Å². The maximum atomic E-state index is 14.0. The molecule has 1 aliphatic heterocycles. The number of halogens is 9. The number of imidazole rings is 1. The molecule has 2 heterocycles. The monoisotopic (exact) mass is 752 g/mol. The second-order valence-electron chi connectivity index (χ2n) is 13.4. The first kappa shape index (κ1) is 37.8. The summed E-state index contributed by atoms with van der Waals surface area (Å²) in [5.74, 6) is -4.06. The first-order valence-electron chi connectivity index (χ1n) is 16.1. The van der Waals surface area contributed by atoms with Gasteiger partial charge in [0, 0.05) is 32.7 Å². The smallest absolute Gasteiger partial charge is 0.371 e. The zero-order chi connectivity index (χ0) is 36.8. The standard InChI is InChI=1S/C33H37Cl2F7N6O2/c1-31(2,36)29(50)43-16-17-4-9-22(34)27(26(17)35)46-30-45-23-14-21(28(49)44-20-7-5-18(6-8-20)32(37,38)39)24(15-25(23)47(30)3)48-12-10-19(11-13-48)33(40,41)42/h4,9,14-15,18-20H,5-8,10-13,16H2,1-3H3,(H,43,50)(H,44,49)(H,45,46). The number of carbonyl (C=O) groups is 2. The van der Waals surface area contributed by atoms with Crippen LogP contribution in [0.15, 0.2) is 24.3 Å². The number of benzene rings is 2. The van der Waals surface area contributed by atoms with E-state index in [-0.39, 0.29) is 85.4 Å². The van der Waals surface area contributed by atoms with Crippen molar-refractivity contribution in [3.05, 3.63) is 45.4 Å². The van der Waals surface area contributed by atoms with Crippen LogP contribution in [0.2, 0.25) is 10.0 Å². The van der Waals surface area contributed by atoms with Gasteiger partial charge in [-0.15, -0.1) is 0 Å². The molecule has 2 fully saturated rings. The van der Waals surface area contributed by atoms with Crippen molar-refractivity contribution in [2.24, 2.45) is 18.9 Å². The number of fused-ring (bicyclic) bond motifs is 1. The summed E-state index contributed by atoms with van der Waals surface area (Å²) in [6.45, 7) is 2.22. The van der Waals surface area contributed by atoms with E-state index < -0.39 is 47.7 Å². The van der Waals surface area contributed by atoms with Gasteiger partial charge < -0.3 is 25.4 Å². The Morgan fingerprint density at radius 1 is 0.900 bits per heavy atom. The normalized spacial score (nSPS) is 19.5. The summed E-state index contributed by atoms with van der Waals surface area (Å²) in [7, 11) is 1.67. The molecule has 1 aromatic heterocycles. The van der Waals surface area contributed by atoms with Gasteiger partial charge in [-0.1, -0.05) is 29.3 Å². The number of carbonyl (C=O) groups excluding carboxylic acids is 2. The van der Waals surface area contributed by atoms with E-state index in [9.17, 15) is 40.3 Å². The summed E-state index contributed by atoms with van der Waals surface area (Å²) in [4.78, 5) is 32.1. The number of amides is 2. The molecule has 2 amide bonds. The van der Waals surface area contributed by atoms with E-state index in [1.807, 2.05) is 0 Å².